The van der Waals surface area contributed by atoms with Gasteiger partial charge in [0.2, 0.25) is 5.88 Å². The maximum Gasteiger partial charge on any atom is 0.335 e. The molecule has 0 aliphatic rings. The molecule has 0 radical (unpaired) electrons. The number of hydrogen-bond acceptors (Lipinski definition) is 6. The van der Waals surface area contributed by atoms with E-state index in [9.17, 15) is 4.57 Å². The summed E-state index contributed by atoms with van der Waals surface area (Å²) in [7, 11) is -3.15. The zero-order valence-corrected chi connectivity index (χ0v) is 15.7. The van der Waals surface area contributed by atoms with Gasteiger partial charge in [-0.05, 0) is 37.5 Å². The molecule has 0 bridgehead atoms. The van der Waals surface area contributed by atoms with Crippen LogP contribution in [0.2, 0.25) is 0 Å². The molecule has 0 saturated carbocycles. The molecule has 1 aromatic carbocycles. The van der Waals surface area contributed by atoms with Crippen LogP contribution in [0, 0.1) is 5.92 Å². The number of ether oxygens (including phenoxy) is 1. The first kappa shape index (κ1) is 20.4. The summed E-state index contributed by atoms with van der Waals surface area (Å²) < 4.78 is 28.9. The van der Waals surface area contributed by atoms with Crippen LogP contribution < -0.4 is 10.5 Å². The second-order valence-electron chi connectivity index (χ2n) is 5.38. The molecule has 7 heteroatoms. The van der Waals surface area contributed by atoms with Crippen LogP contribution in [0.5, 0.6) is 5.75 Å². The molecule has 24 heavy (non-hydrogen) atoms. The predicted molar refractivity (Wildman–Crippen MR) is 97.2 cm³/mol. The van der Waals surface area contributed by atoms with Gasteiger partial charge >= 0.3 is 7.60 Å². The van der Waals surface area contributed by atoms with Gasteiger partial charge < -0.3 is 19.5 Å². The Morgan fingerprint density at radius 3 is 2.50 bits per heavy atom. The molecule has 0 aliphatic heterocycles. The van der Waals surface area contributed by atoms with Crippen LogP contribution in [-0.2, 0) is 19.8 Å². The maximum absolute atomic E-state index is 12.6. The largest absolute Gasteiger partial charge is 0.438 e. The van der Waals surface area contributed by atoms with Gasteiger partial charge in [0, 0.05) is 6.21 Å². The summed E-state index contributed by atoms with van der Waals surface area (Å²) in [4.78, 5) is 4.18. The van der Waals surface area contributed by atoms with Crippen molar-refractivity contribution in [2.24, 2.45) is 16.6 Å². The monoisotopic (exact) mass is 354 g/mol. The predicted octanol–water partition coefficient (Wildman–Crippen LogP) is 4.32. The second kappa shape index (κ2) is 10.3. The summed E-state index contributed by atoms with van der Waals surface area (Å²) in [5, 5.41) is 0. The zero-order chi connectivity index (χ0) is 18.0. The van der Waals surface area contributed by atoms with Crippen LogP contribution in [0.15, 0.2) is 41.3 Å². The fourth-order valence-corrected chi connectivity index (χ4v) is 3.59. The van der Waals surface area contributed by atoms with E-state index < -0.39 is 7.60 Å². The Balaban J connectivity index is 2.88. The number of aliphatic imine (C=N–C) groups is 1. The van der Waals surface area contributed by atoms with Crippen LogP contribution >= 0.6 is 7.60 Å². The summed E-state index contributed by atoms with van der Waals surface area (Å²) in [6.45, 7) is 8.26. The van der Waals surface area contributed by atoms with E-state index in [0.717, 1.165) is 5.56 Å². The van der Waals surface area contributed by atoms with Crippen molar-refractivity contribution in [3.8, 4) is 5.75 Å². The highest BCUT2D eigenvalue weighted by Gasteiger charge is 2.24. The molecule has 0 aliphatic carbocycles. The summed E-state index contributed by atoms with van der Waals surface area (Å²) in [6.07, 6.45) is 3.24. The Morgan fingerprint density at radius 2 is 1.96 bits per heavy atom. The van der Waals surface area contributed by atoms with Crippen molar-refractivity contribution in [3.63, 3.8) is 0 Å². The van der Waals surface area contributed by atoms with Crippen LogP contribution in [0.3, 0.4) is 0 Å². The molecule has 1 rings (SSSR count). The molecular formula is C17H27N2O4P. The Bertz CT molecular complexity index is 604. The van der Waals surface area contributed by atoms with Crippen molar-refractivity contribution in [1.29, 1.82) is 0 Å². The normalized spacial score (nSPS) is 13.0. The lowest BCUT2D eigenvalue weighted by Crippen LogP contribution is -2.01. The molecule has 2 N–H and O–H groups in total. The van der Waals surface area contributed by atoms with E-state index in [1.807, 2.05) is 26.0 Å². The number of benzene rings is 1. The van der Waals surface area contributed by atoms with Gasteiger partial charge in [-0.15, -0.1) is 0 Å². The van der Waals surface area contributed by atoms with Crippen molar-refractivity contribution in [2.75, 3.05) is 13.2 Å². The standard InChI is InChI=1S/C17H27N2O4P/c1-5-21-24(20,22-6-2)13-15-8-7-9-16(10-15)23-17(11-18)19-12-14(3)4/h7-12,14H,5-6,13,18H2,1-4H3/b17-11+,19-12-. The number of hydrogen-bond donors (Lipinski definition) is 1. The van der Waals surface area contributed by atoms with Gasteiger partial charge in [0.05, 0.1) is 25.6 Å². The molecular weight excluding hydrogens is 327 g/mol. The van der Waals surface area contributed by atoms with E-state index >= 15 is 0 Å². The van der Waals surface area contributed by atoms with Gasteiger partial charge in [0.15, 0.2) is 0 Å². The highest BCUT2D eigenvalue weighted by atomic mass is 31.2. The zero-order valence-electron chi connectivity index (χ0n) is 14.8. The van der Waals surface area contributed by atoms with Crippen molar-refractivity contribution >= 4 is 13.8 Å². The summed E-state index contributed by atoms with van der Waals surface area (Å²) in [5.41, 5.74) is 6.33. The van der Waals surface area contributed by atoms with Crippen molar-refractivity contribution < 1.29 is 18.3 Å². The maximum atomic E-state index is 12.6. The molecule has 0 aromatic heterocycles. The third-order valence-corrected chi connectivity index (χ3v) is 4.85. The quantitative estimate of drug-likeness (QED) is 0.384. The van der Waals surface area contributed by atoms with Gasteiger partial charge in [0.1, 0.15) is 5.75 Å². The molecule has 6 nitrogen and oxygen atoms in total. The van der Waals surface area contributed by atoms with E-state index in [1.54, 1.807) is 32.2 Å². The first-order valence-corrected chi connectivity index (χ1v) is 9.76. The molecule has 1 aromatic rings. The van der Waals surface area contributed by atoms with Gasteiger partial charge in [-0.1, -0.05) is 26.0 Å². The Hall–Kier alpha value is -1.62. The van der Waals surface area contributed by atoms with Gasteiger partial charge in [-0.2, -0.15) is 0 Å². The lowest BCUT2D eigenvalue weighted by Gasteiger charge is -2.17. The molecule has 0 unspecified atom stereocenters. The molecule has 0 atom stereocenters. The van der Waals surface area contributed by atoms with Crippen molar-refractivity contribution in [1.82, 2.24) is 0 Å². The third kappa shape index (κ3) is 7.30. The lowest BCUT2D eigenvalue weighted by molar-refractivity contribution is 0.219. The van der Waals surface area contributed by atoms with E-state index in [2.05, 4.69) is 4.99 Å². The average molecular weight is 354 g/mol. The van der Waals surface area contributed by atoms with Crippen LogP contribution in [-0.4, -0.2) is 19.4 Å². The van der Waals surface area contributed by atoms with E-state index in [0.29, 0.717) is 24.8 Å². The molecule has 0 saturated heterocycles. The van der Waals surface area contributed by atoms with Crippen molar-refractivity contribution in [3.05, 3.63) is 41.9 Å². The first-order valence-electron chi connectivity index (χ1n) is 8.03. The summed E-state index contributed by atoms with van der Waals surface area (Å²) >= 11 is 0. The minimum atomic E-state index is -3.15. The molecule has 0 spiro atoms. The van der Waals surface area contributed by atoms with E-state index in [-0.39, 0.29) is 12.1 Å². The van der Waals surface area contributed by atoms with Crippen molar-refractivity contribution in [2.45, 2.75) is 33.9 Å². The Labute approximate surface area is 144 Å². The summed E-state index contributed by atoms with van der Waals surface area (Å²) in [5.74, 6) is 1.15. The topological polar surface area (TPSA) is 83.1 Å². The lowest BCUT2D eigenvalue weighted by atomic mass is 10.2. The highest BCUT2D eigenvalue weighted by Crippen LogP contribution is 2.51. The van der Waals surface area contributed by atoms with Crippen LogP contribution in [0.25, 0.3) is 0 Å². The number of nitrogens with zero attached hydrogens (tertiary/aromatic N) is 1. The second-order valence-corrected chi connectivity index (χ2v) is 7.44. The first-order chi connectivity index (χ1) is 11.4. The molecule has 0 amide bonds. The SMILES string of the molecule is CCOP(=O)(Cc1cccc(OC(=C/N)/N=C\C(C)C)c1)OCC. The van der Waals surface area contributed by atoms with Gasteiger partial charge in [-0.25, -0.2) is 4.99 Å². The van der Waals surface area contributed by atoms with E-state index in [4.69, 9.17) is 19.5 Å². The Morgan fingerprint density at radius 1 is 1.29 bits per heavy atom. The molecule has 134 valence electrons. The van der Waals surface area contributed by atoms with Crippen LogP contribution in [0.1, 0.15) is 33.3 Å². The minimum Gasteiger partial charge on any atom is -0.438 e. The van der Waals surface area contributed by atoms with Crippen LogP contribution in [0.4, 0.5) is 0 Å². The molecule has 0 fully saturated rings. The fraction of sp³-hybridized carbons (Fsp3) is 0.471. The van der Waals surface area contributed by atoms with Gasteiger partial charge in [-0.3, -0.25) is 4.57 Å². The third-order valence-electron chi connectivity index (χ3n) is 2.79. The molecule has 0 heterocycles. The number of rotatable bonds is 10. The highest BCUT2D eigenvalue weighted by molar-refractivity contribution is 7.53. The Kier molecular flexibility index (Phi) is 8.76. The smallest absolute Gasteiger partial charge is 0.335 e. The van der Waals surface area contributed by atoms with Gasteiger partial charge in [0.25, 0.3) is 0 Å². The fourth-order valence-electron chi connectivity index (χ4n) is 1.90. The average Bonchev–Trinajstić information content (AvgIpc) is 2.51. The summed E-state index contributed by atoms with van der Waals surface area (Å²) in [6, 6.07) is 7.22. The number of nitrogens with two attached hydrogens (primary N) is 1. The minimum absolute atomic E-state index is 0.183. The van der Waals surface area contributed by atoms with E-state index in [1.165, 1.54) is 6.20 Å².